The molecule has 57 heavy (non-hydrogen) atoms. The average Bonchev–Trinajstić information content (AvgIpc) is 3.20. The molecule has 3 aromatic rings. The number of unbranched alkanes of at least 4 members (excludes halogenated alkanes) is 2. The van der Waals surface area contributed by atoms with Crippen LogP contribution in [0.15, 0.2) is 98.7 Å². The van der Waals surface area contributed by atoms with Gasteiger partial charge in [-0.25, -0.2) is 19.6 Å². The van der Waals surface area contributed by atoms with Gasteiger partial charge >= 0.3 is 12.1 Å². The molecule has 2 aromatic carbocycles. The fourth-order valence-corrected chi connectivity index (χ4v) is 6.37. The highest BCUT2D eigenvalue weighted by Gasteiger charge is 2.19. The van der Waals surface area contributed by atoms with Crippen LogP contribution in [-0.2, 0) is 0 Å². The van der Waals surface area contributed by atoms with E-state index in [0.717, 1.165) is 68.5 Å². The van der Waals surface area contributed by atoms with Crippen LogP contribution in [0.4, 0.5) is 32.6 Å². The van der Waals surface area contributed by atoms with Crippen LogP contribution in [0.25, 0.3) is 0 Å². The number of urea groups is 2. The molecule has 2 unspecified atom stereocenters. The van der Waals surface area contributed by atoms with Crippen molar-refractivity contribution in [3.63, 3.8) is 0 Å². The van der Waals surface area contributed by atoms with E-state index in [-0.39, 0.29) is 36.4 Å². The van der Waals surface area contributed by atoms with Crippen LogP contribution in [-0.4, -0.2) is 61.3 Å². The van der Waals surface area contributed by atoms with Gasteiger partial charge in [-0.3, -0.25) is 20.4 Å². The molecular weight excluding hydrogens is 723 g/mol. The van der Waals surface area contributed by atoms with Gasteiger partial charge in [-0.15, -0.1) is 0 Å². The molecule has 306 valence electrons. The maximum Gasteiger partial charge on any atom is 0.321 e. The fraction of sp³-hybridized carbons (Fsp3) is 0.452. The Labute approximate surface area is 336 Å². The van der Waals surface area contributed by atoms with Crippen molar-refractivity contribution in [1.29, 1.82) is 0 Å². The number of rotatable bonds is 21. The number of azo groups is 1. The normalized spacial score (nSPS) is 13.5. The van der Waals surface area contributed by atoms with Gasteiger partial charge in [-0.1, -0.05) is 60.0 Å². The molecule has 0 fully saturated rings. The number of nitrogens with one attached hydrogen (secondary N) is 6. The second-order valence-corrected chi connectivity index (χ2v) is 13.9. The Hall–Kier alpha value is -5.99. The number of anilines is 2. The van der Waals surface area contributed by atoms with Gasteiger partial charge in [0.2, 0.25) is 11.9 Å². The summed E-state index contributed by atoms with van der Waals surface area (Å²) in [6, 6.07) is 15.4. The largest absolute Gasteiger partial charge is 0.497 e. The van der Waals surface area contributed by atoms with Crippen LogP contribution < -0.4 is 41.8 Å². The molecule has 4 rings (SSSR count). The third kappa shape index (κ3) is 14.5. The van der Waals surface area contributed by atoms with Crippen molar-refractivity contribution in [3.05, 3.63) is 94.7 Å². The van der Waals surface area contributed by atoms with Crippen molar-refractivity contribution >= 4 is 41.0 Å². The lowest BCUT2D eigenvalue weighted by atomic mass is 9.95. The first kappa shape index (κ1) is 43.7. The quantitative estimate of drug-likeness (QED) is 0.0585. The van der Waals surface area contributed by atoms with E-state index in [4.69, 9.17) is 4.74 Å². The smallest absolute Gasteiger partial charge is 0.321 e. The van der Waals surface area contributed by atoms with Crippen LogP contribution in [0, 0.1) is 5.92 Å². The minimum absolute atomic E-state index is 0.103. The number of carbonyl (C=O) groups is 2. The number of nitrogens with zero attached hydrogens (tertiary/aromatic N) is 5. The lowest BCUT2D eigenvalue weighted by Crippen LogP contribution is -2.48. The van der Waals surface area contributed by atoms with E-state index in [0.29, 0.717) is 41.8 Å². The molecule has 1 aromatic heterocycles. The lowest BCUT2D eigenvalue weighted by molar-refractivity contribution is 0.245. The van der Waals surface area contributed by atoms with Crippen LogP contribution in [0.5, 0.6) is 5.75 Å². The standard InChI is InChI=1S/C42H59N11O4/c1-7-11-13-30(9-3)36-27-29(5)45-39(46-36)49-41(55)43-23-25-53(34-19-15-32(16-20-34)51-52-33-17-21-35(57-6)22-18-33)26-24-44-42(56)50-40-47-37(28-38(54)48-40)31(10-4)14-12-8-2/h15-22,27-28,30-31H,5,7-14,23-26H2,1-4,6H3,(H3,43,45,46,49,55)(H3,44,47,48,50,54,56). The van der Waals surface area contributed by atoms with Crippen molar-refractivity contribution in [3.8, 4) is 5.75 Å². The summed E-state index contributed by atoms with van der Waals surface area (Å²) in [5.74, 6) is 1.60. The van der Waals surface area contributed by atoms with E-state index in [1.54, 1.807) is 7.11 Å². The number of amides is 4. The zero-order chi connectivity index (χ0) is 41.0. The number of benzene rings is 2. The maximum atomic E-state index is 13.0. The Balaban J connectivity index is 1.39. The third-order valence-corrected chi connectivity index (χ3v) is 9.60. The molecule has 2 atom stereocenters. The molecule has 2 heterocycles. The van der Waals surface area contributed by atoms with Gasteiger partial charge in [0.15, 0.2) is 0 Å². The van der Waals surface area contributed by atoms with Crippen molar-refractivity contribution < 1.29 is 14.3 Å². The summed E-state index contributed by atoms with van der Waals surface area (Å²) in [6.07, 6.45) is 9.97. The Morgan fingerprint density at radius 3 is 2.00 bits per heavy atom. The van der Waals surface area contributed by atoms with Crippen molar-refractivity contribution in [2.75, 3.05) is 43.5 Å². The molecule has 0 spiro atoms. The molecule has 15 nitrogen and oxygen atoms in total. The molecule has 0 bridgehead atoms. The van der Waals surface area contributed by atoms with E-state index in [1.807, 2.05) is 59.5 Å². The minimum Gasteiger partial charge on any atom is -0.497 e. The molecule has 1 aliphatic rings. The maximum absolute atomic E-state index is 13.0. The van der Waals surface area contributed by atoms with Crippen molar-refractivity contribution in [1.82, 2.24) is 31.2 Å². The van der Waals surface area contributed by atoms with Crippen LogP contribution in [0.3, 0.4) is 0 Å². The zero-order valence-corrected chi connectivity index (χ0v) is 34.0. The molecule has 15 heteroatoms. The Kier molecular flexibility index (Phi) is 17.8. The summed E-state index contributed by atoms with van der Waals surface area (Å²) in [5, 5.41) is 23.0. The summed E-state index contributed by atoms with van der Waals surface area (Å²) in [4.78, 5) is 52.3. The third-order valence-electron chi connectivity index (χ3n) is 9.60. The van der Waals surface area contributed by atoms with Gasteiger partial charge in [0, 0.05) is 61.2 Å². The SMILES string of the molecule is C=C1C=C(C(CC)CCCC)N=C(NC(=O)NCCN(CCNC(=O)Nc2nc(C(CC)CCCC)cc(=O)[nH]2)c2ccc(N=Nc3ccc(OC)cc3)cc2)N1. The molecule has 4 amide bonds. The molecule has 0 saturated carbocycles. The van der Waals surface area contributed by atoms with Gasteiger partial charge < -0.3 is 25.6 Å². The van der Waals surface area contributed by atoms with E-state index >= 15 is 0 Å². The first-order valence-corrected chi connectivity index (χ1v) is 20.0. The average molecular weight is 782 g/mol. The number of hydrogen-bond acceptors (Lipinski definition) is 10. The Bertz CT molecular complexity index is 1910. The number of carbonyl (C=O) groups excluding carboxylic acids is 2. The number of allylic oxidation sites excluding steroid dienone is 2. The Morgan fingerprint density at radius 2 is 1.42 bits per heavy atom. The van der Waals surface area contributed by atoms with Gasteiger partial charge in [0.25, 0.3) is 5.56 Å². The summed E-state index contributed by atoms with van der Waals surface area (Å²) in [7, 11) is 1.61. The number of aliphatic imine (C=N–C) groups is 1. The number of ether oxygens (including phenoxy) is 1. The monoisotopic (exact) mass is 781 g/mol. The van der Waals surface area contributed by atoms with Gasteiger partial charge in [-0.2, -0.15) is 10.2 Å². The first-order valence-electron chi connectivity index (χ1n) is 20.0. The highest BCUT2D eigenvalue weighted by Crippen LogP contribution is 2.26. The van der Waals surface area contributed by atoms with Crippen LogP contribution in [0.2, 0.25) is 0 Å². The van der Waals surface area contributed by atoms with Gasteiger partial charge in [0.05, 0.1) is 24.2 Å². The summed E-state index contributed by atoms with van der Waals surface area (Å²) in [6.45, 7) is 13.9. The fourth-order valence-electron chi connectivity index (χ4n) is 6.37. The number of aromatic nitrogens is 2. The van der Waals surface area contributed by atoms with E-state index in [1.165, 1.54) is 6.07 Å². The molecule has 0 radical (unpaired) electrons. The lowest BCUT2D eigenvalue weighted by Gasteiger charge is -2.26. The molecule has 6 N–H and O–H groups in total. The second-order valence-electron chi connectivity index (χ2n) is 13.9. The van der Waals surface area contributed by atoms with Gasteiger partial charge in [-0.05, 0) is 80.3 Å². The predicted octanol–water partition coefficient (Wildman–Crippen LogP) is 8.38. The highest BCUT2D eigenvalue weighted by molar-refractivity contribution is 5.98. The molecule has 0 saturated heterocycles. The topological polar surface area (TPSA) is 190 Å². The van der Waals surface area contributed by atoms with Crippen molar-refractivity contribution in [2.45, 2.75) is 85.0 Å². The van der Waals surface area contributed by atoms with Crippen LogP contribution in [0.1, 0.15) is 90.7 Å². The van der Waals surface area contributed by atoms with E-state index in [2.05, 4.69) is 86.0 Å². The van der Waals surface area contributed by atoms with E-state index < -0.39 is 12.1 Å². The number of hydrogen-bond donors (Lipinski definition) is 6. The second kappa shape index (κ2) is 23.2. The number of aromatic amines is 1. The number of methoxy groups -OCH3 is 1. The molecule has 1 aliphatic heterocycles. The van der Waals surface area contributed by atoms with Crippen molar-refractivity contribution in [2.24, 2.45) is 21.1 Å². The number of guanidine groups is 1. The highest BCUT2D eigenvalue weighted by atomic mass is 16.5. The van der Waals surface area contributed by atoms with Crippen LogP contribution >= 0.6 is 0 Å². The summed E-state index contributed by atoms with van der Waals surface area (Å²) in [5.41, 5.74) is 4.13. The molecule has 0 aliphatic carbocycles. The zero-order valence-electron chi connectivity index (χ0n) is 34.0. The first-order chi connectivity index (χ1) is 27.6. The summed E-state index contributed by atoms with van der Waals surface area (Å²) >= 11 is 0. The Morgan fingerprint density at radius 1 is 0.842 bits per heavy atom. The number of H-pyrrole nitrogens is 1. The minimum atomic E-state index is -0.501. The van der Waals surface area contributed by atoms with Gasteiger partial charge in [0.1, 0.15) is 5.75 Å². The van der Waals surface area contributed by atoms with E-state index in [9.17, 15) is 14.4 Å². The molecular formula is C42H59N11O4. The predicted molar refractivity (Wildman–Crippen MR) is 228 cm³/mol. The summed E-state index contributed by atoms with van der Waals surface area (Å²) < 4.78 is 5.21.